The minimum atomic E-state index is -0.292. The van der Waals surface area contributed by atoms with E-state index < -0.39 is 0 Å². The van der Waals surface area contributed by atoms with E-state index in [1.54, 1.807) is 6.26 Å². The number of rotatable bonds is 4. The number of nitrogens with two attached hydrogens (primary N) is 1. The first kappa shape index (κ1) is 12.2. The summed E-state index contributed by atoms with van der Waals surface area (Å²) in [5.74, 6) is 1.54. The Kier molecular flexibility index (Phi) is 3.86. The topological polar surface area (TPSA) is 48.4 Å². The minimum Gasteiger partial charge on any atom is -0.494 e. The van der Waals surface area contributed by atoms with Crippen molar-refractivity contribution in [1.82, 2.24) is 0 Å². The van der Waals surface area contributed by atoms with Crippen molar-refractivity contribution in [2.24, 2.45) is 5.73 Å². The second kappa shape index (κ2) is 5.38. The van der Waals surface area contributed by atoms with Crippen molar-refractivity contribution in [3.8, 4) is 5.75 Å². The van der Waals surface area contributed by atoms with Gasteiger partial charge in [-0.15, -0.1) is 0 Å². The molecule has 0 aliphatic heterocycles. The minimum absolute atomic E-state index is 0.292. The van der Waals surface area contributed by atoms with Crippen LogP contribution >= 0.6 is 15.9 Å². The third kappa shape index (κ3) is 2.70. The summed E-state index contributed by atoms with van der Waals surface area (Å²) in [4.78, 5) is 0. The van der Waals surface area contributed by atoms with Crippen LogP contribution < -0.4 is 10.5 Å². The Morgan fingerprint density at radius 1 is 1.41 bits per heavy atom. The van der Waals surface area contributed by atoms with Gasteiger partial charge in [-0.3, -0.25) is 0 Å². The highest BCUT2D eigenvalue weighted by molar-refractivity contribution is 9.10. The molecule has 2 aromatic rings. The SMILES string of the molecule is CCOc1cccc(C(N)c2occc2Br)c1. The molecule has 2 N–H and O–H groups in total. The van der Waals surface area contributed by atoms with Crippen molar-refractivity contribution >= 4 is 15.9 Å². The van der Waals surface area contributed by atoms with Crippen LogP contribution in [0.3, 0.4) is 0 Å². The molecular weight excluding hydrogens is 282 g/mol. The summed E-state index contributed by atoms with van der Waals surface area (Å²) in [5, 5.41) is 0. The Labute approximate surface area is 109 Å². The molecule has 1 aromatic heterocycles. The largest absolute Gasteiger partial charge is 0.494 e. The average molecular weight is 296 g/mol. The van der Waals surface area contributed by atoms with Crippen LogP contribution in [-0.2, 0) is 0 Å². The lowest BCUT2D eigenvalue weighted by Crippen LogP contribution is -2.11. The first-order chi connectivity index (χ1) is 8.22. The standard InChI is InChI=1S/C13H14BrNO2/c1-2-16-10-5-3-4-9(8-10)12(15)13-11(14)6-7-17-13/h3-8,12H,2,15H2,1H3. The van der Waals surface area contributed by atoms with Crippen LogP contribution in [0.1, 0.15) is 24.3 Å². The summed E-state index contributed by atoms with van der Waals surface area (Å²) >= 11 is 3.41. The summed E-state index contributed by atoms with van der Waals surface area (Å²) in [6, 6.07) is 9.28. The molecule has 1 heterocycles. The molecule has 17 heavy (non-hydrogen) atoms. The molecule has 0 saturated heterocycles. The van der Waals surface area contributed by atoms with E-state index in [0.29, 0.717) is 6.61 Å². The zero-order valence-electron chi connectivity index (χ0n) is 9.52. The van der Waals surface area contributed by atoms with Crippen LogP contribution in [0.5, 0.6) is 5.75 Å². The van der Waals surface area contributed by atoms with Gasteiger partial charge in [0, 0.05) is 0 Å². The fourth-order valence-electron chi connectivity index (χ4n) is 1.64. The van der Waals surface area contributed by atoms with Gasteiger partial charge in [-0.2, -0.15) is 0 Å². The van der Waals surface area contributed by atoms with Gasteiger partial charge in [0.1, 0.15) is 11.5 Å². The number of ether oxygens (including phenoxy) is 1. The van der Waals surface area contributed by atoms with Crippen molar-refractivity contribution < 1.29 is 9.15 Å². The van der Waals surface area contributed by atoms with Crippen molar-refractivity contribution in [3.63, 3.8) is 0 Å². The Bertz CT molecular complexity index is 496. The molecule has 1 aromatic carbocycles. The zero-order chi connectivity index (χ0) is 12.3. The number of hydrogen-bond acceptors (Lipinski definition) is 3. The van der Waals surface area contributed by atoms with E-state index in [0.717, 1.165) is 21.5 Å². The maximum absolute atomic E-state index is 6.15. The van der Waals surface area contributed by atoms with E-state index in [1.165, 1.54) is 0 Å². The third-order valence-corrected chi connectivity index (χ3v) is 3.11. The third-order valence-electron chi connectivity index (χ3n) is 2.46. The molecule has 1 atom stereocenters. The van der Waals surface area contributed by atoms with Gasteiger partial charge in [0.2, 0.25) is 0 Å². The fourth-order valence-corrected chi connectivity index (χ4v) is 2.09. The molecule has 0 aliphatic carbocycles. The Morgan fingerprint density at radius 2 is 2.24 bits per heavy atom. The van der Waals surface area contributed by atoms with E-state index >= 15 is 0 Å². The number of hydrogen-bond donors (Lipinski definition) is 1. The average Bonchev–Trinajstić information content (AvgIpc) is 2.75. The van der Waals surface area contributed by atoms with Crippen LogP contribution in [-0.4, -0.2) is 6.61 Å². The van der Waals surface area contributed by atoms with Gasteiger partial charge in [0.05, 0.1) is 23.4 Å². The highest BCUT2D eigenvalue weighted by Gasteiger charge is 2.15. The quantitative estimate of drug-likeness (QED) is 0.939. The number of furan rings is 1. The number of halogens is 1. The smallest absolute Gasteiger partial charge is 0.139 e. The maximum atomic E-state index is 6.15. The Morgan fingerprint density at radius 3 is 2.88 bits per heavy atom. The second-order valence-electron chi connectivity index (χ2n) is 3.62. The second-order valence-corrected chi connectivity index (χ2v) is 4.47. The molecule has 2 rings (SSSR count). The molecule has 0 saturated carbocycles. The summed E-state index contributed by atoms with van der Waals surface area (Å²) in [7, 11) is 0. The van der Waals surface area contributed by atoms with E-state index in [2.05, 4.69) is 15.9 Å². The van der Waals surface area contributed by atoms with Crippen molar-refractivity contribution in [2.45, 2.75) is 13.0 Å². The molecule has 0 spiro atoms. The molecular formula is C13H14BrNO2. The van der Waals surface area contributed by atoms with Gasteiger partial charge in [-0.1, -0.05) is 12.1 Å². The van der Waals surface area contributed by atoms with Gasteiger partial charge in [-0.05, 0) is 46.6 Å². The van der Waals surface area contributed by atoms with E-state index in [-0.39, 0.29) is 6.04 Å². The molecule has 0 radical (unpaired) electrons. The summed E-state index contributed by atoms with van der Waals surface area (Å²) in [5.41, 5.74) is 7.11. The normalized spacial score (nSPS) is 12.4. The van der Waals surface area contributed by atoms with Gasteiger partial charge in [-0.25, -0.2) is 0 Å². The lowest BCUT2D eigenvalue weighted by molar-refractivity contribution is 0.339. The lowest BCUT2D eigenvalue weighted by Gasteiger charge is -2.11. The van der Waals surface area contributed by atoms with Crippen LogP contribution in [0.25, 0.3) is 0 Å². The monoisotopic (exact) mass is 295 g/mol. The summed E-state index contributed by atoms with van der Waals surface area (Å²) in [6.07, 6.45) is 1.62. The molecule has 0 amide bonds. The van der Waals surface area contributed by atoms with Crippen molar-refractivity contribution in [2.75, 3.05) is 6.61 Å². The number of benzene rings is 1. The highest BCUT2D eigenvalue weighted by atomic mass is 79.9. The fraction of sp³-hybridized carbons (Fsp3) is 0.231. The van der Waals surface area contributed by atoms with Gasteiger partial charge < -0.3 is 14.9 Å². The van der Waals surface area contributed by atoms with E-state index in [9.17, 15) is 0 Å². The van der Waals surface area contributed by atoms with Crippen molar-refractivity contribution in [1.29, 1.82) is 0 Å². The molecule has 0 fully saturated rings. The first-order valence-electron chi connectivity index (χ1n) is 5.43. The Balaban J connectivity index is 2.28. The van der Waals surface area contributed by atoms with Gasteiger partial charge in [0.25, 0.3) is 0 Å². The Hall–Kier alpha value is -1.26. The summed E-state index contributed by atoms with van der Waals surface area (Å²) in [6.45, 7) is 2.60. The highest BCUT2D eigenvalue weighted by Crippen LogP contribution is 2.29. The van der Waals surface area contributed by atoms with Crippen LogP contribution in [0, 0.1) is 0 Å². The molecule has 4 heteroatoms. The molecule has 90 valence electrons. The van der Waals surface area contributed by atoms with Crippen LogP contribution in [0.4, 0.5) is 0 Å². The summed E-state index contributed by atoms with van der Waals surface area (Å²) < 4.78 is 11.7. The maximum Gasteiger partial charge on any atom is 0.139 e. The molecule has 0 aliphatic rings. The lowest BCUT2D eigenvalue weighted by atomic mass is 10.1. The van der Waals surface area contributed by atoms with Gasteiger partial charge >= 0.3 is 0 Å². The van der Waals surface area contributed by atoms with Crippen LogP contribution in [0.15, 0.2) is 45.5 Å². The predicted molar refractivity (Wildman–Crippen MR) is 70.0 cm³/mol. The van der Waals surface area contributed by atoms with Crippen molar-refractivity contribution in [3.05, 3.63) is 52.4 Å². The molecule has 1 unspecified atom stereocenters. The predicted octanol–water partition coefficient (Wildman–Crippen LogP) is 3.49. The van der Waals surface area contributed by atoms with Gasteiger partial charge in [0.15, 0.2) is 0 Å². The van der Waals surface area contributed by atoms with E-state index in [1.807, 2.05) is 37.3 Å². The van der Waals surface area contributed by atoms with E-state index in [4.69, 9.17) is 14.9 Å². The van der Waals surface area contributed by atoms with Crippen LogP contribution in [0.2, 0.25) is 0 Å². The molecule has 0 bridgehead atoms. The zero-order valence-corrected chi connectivity index (χ0v) is 11.1. The first-order valence-corrected chi connectivity index (χ1v) is 6.23. The molecule has 3 nitrogen and oxygen atoms in total.